The molecule has 17 nitrogen and oxygen atoms in total. The van der Waals surface area contributed by atoms with Crippen molar-refractivity contribution in [3.63, 3.8) is 0 Å². The van der Waals surface area contributed by atoms with Crippen LogP contribution in [0.25, 0.3) is 21.9 Å². The highest BCUT2D eigenvalue weighted by Gasteiger charge is 2.44. The zero-order chi connectivity index (χ0) is 39.9. The van der Waals surface area contributed by atoms with Gasteiger partial charge in [0.15, 0.2) is 0 Å². The number of hydrogen-bond donors (Lipinski definition) is 2. The van der Waals surface area contributed by atoms with Gasteiger partial charge in [0, 0.05) is 56.9 Å². The Labute approximate surface area is 321 Å². The third kappa shape index (κ3) is 8.28. The quantitative estimate of drug-likeness (QED) is 0.0551. The van der Waals surface area contributed by atoms with Crippen molar-refractivity contribution >= 4 is 46.3 Å². The molecule has 2 aromatic heterocycles. The summed E-state index contributed by atoms with van der Waals surface area (Å²) in [6.45, 7) is 1.87. The lowest BCUT2D eigenvalue weighted by atomic mass is 9.99. The maximum Gasteiger partial charge on any atom is 0.262 e. The number of piperidine rings is 1. The average molecular weight is 767 g/mol. The van der Waals surface area contributed by atoms with Crippen molar-refractivity contribution in [1.82, 2.24) is 24.7 Å². The Hall–Kier alpha value is -6.46. The molecule has 17 heteroatoms. The fourth-order valence-electron chi connectivity index (χ4n) is 6.70. The average Bonchev–Trinajstić information content (AvgIpc) is 3.44. The van der Waals surface area contributed by atoms with E-state index in [0.29, 0.717) is 54.6 Å². The molecule has 6 rings (SSSR count). The Morgan fingerprint density at radius 1 is 0.982 bits per heavy atom. The molecule has 3 N–H and O–H groups in total. The van der Waals surface area contributed by atoms with Crippen LogP contribution in [-0.2, 0) is 27.9 Å². The fraction of sp³-hybridized carbons (Fsp3) is 0.333. The number of rotatable bonds is 16. The van der Waals surface area contributed by atoms with Crippen molar-refractivity contribution in [2.45, 2.75) is 25.4 Å². The number of benzene rings is 2. The number of fused-ring (bicyclic) bond motifs is 2. The third-order valence-electron chi connectivity index (χ3n) is 9.44. The molecule has 0 saturated carbocycles. The van der Waals surface area contributed by atoms with Crippen LogP contribution in [0.2, 0.25) is 0 Å². The van der Waals surface area contributed by atoms with E-state index in [1.54, 1.807) is 52.1 Å². The molecule has 0 aliphatic carbocycles. The molecule has 1 unspecified atom stereocenters. The highest BCUT2D eigenvalue weighted by molar-refractivity contribution is 6.31. The van der Waals surface area contributed by atoms with E-state index >= 15 is 0 Å². The van der Waals surface area contributed by atoms with Crippen molar-refractivity contribution in [2.24, 2.45) is 23.0 Å². The van der Waals surface area contributed by atoms with Gasteiger partial charge in [0.25, 0.3) is 17.4 Å². The number of imide groups is 2. The Morgan fingerprint density at radius 2 is 1.73 bits per heavy atom. The predicted octanol–water partition coefficient (Wildman–Crippen LogP) is 1.93. The second kappa shape index (κ2) is 17.3. The summed E-state index contributed by atoms with van der Waals surface area (Å²) in [5.74, 6) is 5.00. The molecule has 0 radical (unpaired) electrons. The van der Waals surface area contributed by atoms with Crippen molar-refractivity contribution in [3.8, 4) is 28.4 Å². The second-order valence-electron chi connectivity index (χ2n) is 13.2. The number of pyridine rings is 2. The molecule has 4 aromatic rings. The van der Waals surface area contributed by atoms with Crippen molar-refractivity contribution < 1.29 is 38.1 Å². The summed E-state index contributed by atoms with van der Waals surface area (Å²) >= 11 is 0. The monoisotopic (exact) mass is 766 g/mol. The van der Waals surface area contributed by atoms with Gasteiger partial charge in [-0.2, -0.15) is 5.10 Å². The predicted molar refractivity (Wildman–Crippen MR) is 206 cm³/mol. The number of carbonyl (C=O) groups excluding carboxylic acids is 4. The molecule has 4 amide bonds. The standard InChI is InChI=1S/C39H42N8O9/c1-45(21-31-33(53-3)15-23(16-34(31)54-4)30-22-46(2)37(50)29-19-41-10-9-26(29)30)20-24(44-40)18-42-11-12-55-13-14-56-25-5-6-27-28(17-25)39(52)47(38(27)51)32-7-8-35(48)43-36(32)49/h5-6,9-10,15-19,22,32H,7-8,11-14,20-21,40H2,1-4H3,(H,43,48,49). The summed E-state index contributed by atoms with van der Waals surface area (Å²) in [6.07, 6.45) is 6.74. The van der Waals surface area contributed by atoms with Gasteiger partial charge in [-0.1, -0.05) is 0 Å². The van der Waals surface area contributed by atoms with Crippen molar-refractivity contribution in [2.75, 3.05) is 54.2 Å². The minimum absolute atomic E-state index is 0.0462. The van der Waals surface area contributed by atoms with Crippen LogP contribution in [0.1, 0.15) is 39.1 Å². The van der Waals surface area contributed by atoms with Gasteiger partial charge >= 0.3 is 0 Å². The SMILES string of the molecule is COc1cc(-c2cn(C)c(=O)c3cnccc23)cc(OC)c1CN(C)CC(C=NCCOCCOc1ccc2c(c1)C(=O)N(C1CCC(=O)NC1=O)C2=O)=NN. The Balaban J connectivity index is 0.973. The van der Waals surface area contributed by atoms with Crippen molar-refractivity contribution in [3.05, 3.63) is 82.0 Å². The van der Waals surface area contributed by atoms with Gasteiger partial charge < -0.3 is 29.4 Å². The first kappa shape index (κ1) is 39.2. The molecule has 4 heterocycles. The van der Waals surface area contributed by atoms with Gasteiger partial charge in [-0.25, -0.2) is 0 Å². The zero-order valence-electron chi connectivity index (χ0n) is 31.4. The Bertz CT molecular complexity index is 2280. The van der Waals surface area contributed by atoms with Crippen LogP contribution in [0.15, 0.2) is 69.9 Å². The summed E-state index contributed by atoms with van der Waals surface area (Å²) in [6, 6.07) is 9.15. The minimum atomic E-state index is -1.04. The van der Waals surface area contributed by atoms with Crippen molar-refractivity contribution in [1.29, 1.82) is 0 Å². The highest BCUT2D eigenvalue weighted by Crippen LogP contribution is 2.38. The van der Waals surface area contributed by atoms with Crippen LogP contribution >= 0.6 is 0 Å². The molecule has 1 atom stereocenters. The number of nitrogens with two attached hydrogens (primary N) is 1. The number of methoxy groups -OCH3 is 2. The van der Waals surface area contributed by atoms with E-state index in [2.05, 4.69) is 20.4 Å². The van der Waals surface area contributed by atoms with Gasteiger partial charge in [0.2, 0.25) is 11.8 Å². The van der Waals surface area contributed by atoms with Gasteiger partial charge in [0.05, 0.1) is 61.8 Å². The van der Waals surface area contributed by atoms with Gasteiger partial charge in [-0.3, -0.25) is 49.1 Å². The molecule has 1 fully saturated rings. The van der Waals surface area contributed by atoms with Gasteiger partial charge in [0.1, 0.15) is 29.9 Å². The largest absolute Gasteiger partial charge is 0.496 e. The van der Waals surface area contributed by atoms with Crippen LogP contribution in [0.3, 0.4) is 0 Å². The van der Waals surface area contributed by atoms with Crippen LogP contribution in [0.5, 0.6) is 17.2 Å². The summed E-state index contributed by atoms with van der Waals surface area (Å²) in [5.41, 5.74) is 3.18. The number of hydrazone groups is 1. The van der Waals surface area contributed by atoms with E-state index in [4.69, 9.17) is 24.8 Å². The number of aromatic nitrogens is 2. The maximum atomic E-state index is 13.0. The Kier molecular flexibility index (Phi) is 12.2. The van der Waals surface area contributed by atoms with Crippen LogP contribution < -0.4 is 30.9 Å². The van der Waals surface area contributed by atoms with Crippen LogP contribution in [0.4, 0.5) is 0 Å². The molecular formula is C39H42N8O9. The van der Waals surface area contributed by atoms with E-state index in [-0.39, 0.29) is 42.7 Å². The lowest BCUT2D eigenvalue weighted by Crippen LogP contribution is -2.54. The molecule has 1 saturated heterocycles. The first-order valence-corrected chi connectivity index (χ1v) is 17.7. The van der Waals surface area contributed by atoms with Crippen LogP contribution in [0, 0.1) is 0 Å². The lowest BCUT2D eigenvalue weighted by molar-refractivity contribution is -0.136. The number of nitrogens with one attached hydrogen (secondary N) is 1. The summed E-state index contributed by atoms with van der Waals surface area (Å²) in [7, 11) is 6.80. The number of nitrogens with zero attached hydrogens (tertiary/aromatic N) is 6. The minimum Gasteiger partial charge on any atom is -0.496 e. The lowest BCUT2D eigenvalue weighted by Gasteiger charge is -2.27. The maximum absolute atomic E-state index is 13.0. The molecule has 2 aliphatic heterocycles. The molecule has 56 heavy (non-hydrogen) atoms. The van der Waals surface area contributed by atoms with E-state index in [1.807, 2.05) is 30.1 Å². The van der Waals surface area contributed by atoms with E-state index in [9.17, 15) is 24.0 Å². The van der Waals surface area contributed by atoms with Gasteiger partial charge in [-0.15, -0.1) is 0 Å². The third-order valence-corrected chi connectivity index (χ3v) is 9.44. The number of ether oxygens (including phenoxy) is 4. The number of amides is 4. The summed E-state index contributed by atoms with van der Waals surface area (Å²) < 4.78 is 24.5. The summed E-state index contributed by atoms with van der Waals surface area (Å²) in [4.78, 5) is 73.9. The zero-order valence-corrected chi connectivity index (χ0v) is 31.4. The highest BCUT2D eigenvalue weighted by atomic mass is 16.5. The normalized spacial score (nSPS) is 15.9. The van der Waals surface area contributed by atoms with E-state index in [0.717, 1.165) is 27.0 Å². The van der Waals surface area contributed by atoms with E-state index < -0.39 is 29.7 Å². The molecule has 0 spiro atoms. The molecule has 2 aliphatic rings. The number of carbonyl (C=O) groups is 4. The summed E-state index contributed by atoms with van der Waals surface area (Å²) in [5, 5.41) is 7.36. The molecule has 2 aromatic carbocycles. The molecule has 292 valence electrons. The molecular weight excluding hydrogens is 724 g/mol. The van der Waals surface area contributed by atoms with Crippen LogP contribution in [-0.4, -0.2) is 115 Å². The number of aryl methyl sites for hydroxylation is 1. The number of aliphatic imine (C=N–C) groups is 1. The smallest absolute Gasteiger partial charge is 0.262 e. The Morgan fingerprint density at radius 3 is 2.45 bits per heavy atom. The topological polar surface area (TPSA) is 209 Å². The first-order valence-electron chi connectivity index (χ1n) is 17.7. The molecule has 0 bridgehead atoms. The van der Waals surface area contributed by atoms with Gasteiger partial charge in [-0.05, 0) is 60.8 Å². The second-order valence-corrected chi connectivity index (χ2v) is 13.2. The fourth-order valence-corrected chi connectivity index (χ4v) is 6.70. The number of hydrogen-bond acceptors (Lipinski definition) is 14. The van der Waals surface area contributed by atoms with E-state index in [1.165, 1.54) is 16.7 Å². The first-order chi connectivity index (χ1) is 27.0.